The minimum absolute atomic E-state index is 0.598. The number of nitrogens with one attached hydrogen (secondary N) is 1. The molecule has 2 aromatic rings. The number of hydrogen-bond acceptors (Lipinski definition) is 2. The number of aryl methyl sites for hydroxylation is 1. The third-order valence-electron chi connectivity index (χ3n) is 5.01. The van der Waals surface area contributed by atoms with Gasteiger partial charge >= 0.3 is 0 Å². The largest absolute Gasteiger partial charge is 0.316 e. The van der Waals surface area contributed by atoms with Crippen LogP contribution in [-0.4, -0.2) is 22.6 Å². The summed E-state index contributed by atoms with van der Waals surface area (Å²) in [5.41, 5.74) is 5.83. The minimum Gasteiger partial charge on any atom is -0.316 e. The molecule has 0 saturated carbocycles. The summed E-state index contributed by atoms with van der Waals surface area (Å²) < 4.78 is 2.35. The molecule has 2 heterocycles. The highest BCUT2D eigenvalue weighted by Crippen LogP contribution is 2.30. The fourth-order valence-electron chi connectivity index (χ4n) is 3.90. The molecule has 1 aromatic heterocycles. The monoisotopic (exact) mass is 281 g/mol. The van der Waals surface area contributed by atoms with Gasteiger partial charge in [0, 0.05) is 24.4 Å². The number of aromatic nitrogens is 2. The van der Waals surface area contributed by atoms with Crippen molar-refractivity contribution in [3.8, 4) is 5.69 Å². The molecule has 21 heavy (non-hydrogen) atoms. The average molecular weight is 281 g/mol. The van der Waals surface area contributed by atoms with Crippen molar-refractivity contribution in [3.05, 3.63) is 47.5 Å². The second-order valence-electron chi connectivity index (χ2n) is 6.35. The summed E-state index contributed by atoms with van der Waals surface area (Å²) in [5.74, 6) is 0.598. The second kappa shape index (κ2) is 5.64. The molecule has 1 N–H and O–H groups in total. The van der Waals surface area contributed by atoms with E-state index >= 15 is 0 Å². The van der Waals surface area contributed by atoms with Crippen LogP contribution in [0.25, 0.3) is 5.69 Å². The van der Waals surface area contributed by atoms with E-state index in [9.17, 15) is 0 Å². The Morgan fingerprint density at radius 3 is 3.00 bits per heavy atom. The fourth-order valence-corrected chi connectivity index (χ4v) is 3.90. The van der Waals surface area contributed by atoms with Crippen molar-refractivity contribution in [1.29, 1.82) is 0 Å². The Morgan fingerprint density at radius 1 is 1.14 bits per heavy atom. The van der Waals surface area contributed by atoms with Crippen LogP contribution in [0.1, 0.15) is 48.4 Å². The third-order valence-corrected chi connectivity index (χ3v) is 5.01. The van der Waals surface area contributed by atoms with Gasteiger partial charge in [0.1, 0.15) is 0 Å². The first kappa shape index (κ1) is 13.1. The quantitative estimate of drug-likeness (QED) is 0.916. The highest BCUT2D eigenvalue weighted by Gasteiger charge is 2.21. The van der Waals surface area contributed by atoms with E-state index < -0.39 is 0 Å². The van der Waals surface area contributed by atoms with E-state index in [-0.39, 0.29) is 0 Å². The number of fused-ring (bicyclic) bond motifs is 1. The van der Waals surface area contributed by atoms with Gasteiger partial charge in [0.05, 0.1) is 12.0 Å². The standard InChI is InChI=1S/C18H23N3/c1-2-8-16-14(5-1)6-3-9-17(16)21-13-20-12-18(21)15-7-4-10-19-11-15/h3,6,9,12-13,15,19H,1-2,4-5,7-8,10-11H2. The maximum Gasteiger partial charge on any atom is 0.0994 e. The number of piperidine rings is 1. The van der Waals surface area contributed by atoms with Crippen LogP contribution in [0, 0.1) is 0 Å². The number of nitrogens with zero attached hydrogens (tertiary/aromatic N) is 2. The van der Waals surface area contributed by atoms with Crippen molar-refractivity contribution >= 4 is 0 Å². The first-order valence-corrected chi connectivity index (χ1v) is 8.27. The molecular weight excluding hydrogens is 258 g/mol. The number of benzene rings is 1. The first-order valence-electron chi connectivity index (χ1n) is 8.27. The molecule has 1 atom stereocenters. The molecule has 0 bridgehead atoms. The molecule has 110 valence electrons. The van der Waals surface area contributed by atoms with Crippen molar-refractivity contribution in [2.24, 2.45) is 0 Å². The highest BCUT2D eigenvalue weighted by molar-refractivity contribution is 5.48. The van der Waals surface area contributed by atoms with Crippen LogP contribution in [-0.2, 0) is 12.8 Å². The molecule has 0 spiro atoms. The van der Waals surface area contributed by atoms with Crippen molar-refractivity contribution < 1.29 is 0 Å². The first-order chi connectivity index (χ1) is 10.4. The van der Waals surface area contributed by atoms with E-state index in [1.807, 2.05) is 6.33 Å². The zero-order chi connectivity index (χ0) is 14.1. The van der Waals surface area contributed by atoms with Crippen LogP contribution in [0.2, 0.25) is 0 Å². The predicted molar refractivity (Wildman–Crippen MR) is 85.1 cm³/mol. The Hall–Kier alpha value is -1.61. The smallest absolute Gasteiger partial charge is 0.0994 e. The van der Waals surface area contributed by atoms with Crippen LogP contribution in [0.4, 0.5) is 0 Å². The van der Waals surface area contributed by atoms with Gasteiger partial charge in [-0.3, -0.25) is 0 Å². The molecule has 1 fully saturated rings. The van der Waals surface area contributed by atoms with Crippen molar-refractivity contribution in [2.45, 2.75) is 44.4 Å². The van der Waals surface area contributed by atoms with E-state index in [0.29, 0.717) is 5.92 Å². The van der Waals surface area contributed by atoms with Gasteiger partial charge in [-0.2, -0.15) is 0 Å². The Labute approximate surface area is 126 Å². The summed E-state index contributed by atoms with van der Waals surface area (Å²) in [5, 5.41) is 3.52. The summed E-state index contributed by atoms with van der Waals surface area (Å²) in [6, 6.07) is 6.78. The van der Waals surface area contributed by atoms with E-state index in [4.69, 9.17) is 0 Å². The van der Waals surface area contributed by atoms with Crippen molar-refractivity contribution in [1.82, 2.24) is 14.9 Å². The topological polar surface area (TPSA) is 29.9 Å². The molecule has 1 saturated heterocycles. The van der Waals surface area contributed by atoms with E-state index in [1.165, 1.54) is 49.9 Å². The predicted octanol–water partition coefficient (Wildman–Crippen LogP) is 3.22. The van der Waals surface area contributed by atoms with E-state index in [1.54, 1.807) is 11.1 Å². The Kier molecular flexibility index (Phi) is 3.52. The number of hydrogen-bond donors (Lipinski definition) is 1. The average Bonchev–Trinajstić information content (AvgIpc) is 3.04. The molecule has 2 aliphatic rings. The van der Waals surface area contributed by atoms with Gasteiger partial charge in [-0.05, 0) is 62.3 Å². The summed E-state index contributed by atoms with van der Waals surface area (Å²) in [6.07, 6.45) is 11.7. The fraction of sp³-hybridized carbons (Fsp3) is 0.500. The number of imidazole rings is 1. The SMILES string of the molecule is c1cc2c(c(-n3cncc3C3CCCNC3)c1)CCCC2. The molecule has 3 heteroatoms. The van der Waals surface area contributed by atoms with Crippen LogP contribution < -0.4 is 5.32 Å². The number of rotatable bonds is 2. The molecule has 1 unspecified atom stereocenters. The van der Waals surface area contributed by atoms with Gasteiger partial charge in [0.2, 0.25) is 0 Å². The molecule has 4 rings (SSSR count). The normalized spacial score (nSPS) is 22.0. The minimum atomic E-state index is 0.598. The van der Waals surface area contributed by atoms with Gasteiger partial charge in [-0.15, -0.1) is 0 Å². The summed E-state index contributed by atoms with van der Waals surface area (Å²) in [7, 11) is 0. The summed E-state index contributed by atoms with van der Waals surface area (Å²) in [4.78, 5) is 4.46. The van der Waals surface area contributed by atoms with Gasteiger partial charge in [0.15, 0.2) is 0 Å². The van der Waals surface area contributed by atoms with Crippen LogP contribution in [0.15, 0.2) is 30.7 Å². The lowest BCUT2D eigenvalue weighted by molar-refractivity contribution is 0.450. The Bertz CT molecular complexity index is 623. The molecule has 0 radical (unpaired) electrons. The highest BCUT2D eigenvalue weighted by atomic mass is 15.1. The van der Waals surface area contributed by atoms with Gasteiger partial charge in [0.25, 0.3) is 0 Å². The lowest BCUT2D eigenvalue weighted by Crippen LogP contribution is -2.29. The lowest BCUT2D eigenvalue weighted by Gasteiger charge is -2.26. The van der Waals surface area contributed by atoms with Gasteiger partial charge in [-0.1, -0.05) is 12.1 Å². The van der Waals surface area contributed by atoms with E-state index in [2.05, 4.69) is 39.3 Å². The zero-order valence-corrected chi connectivity index (χ0v) is 12.5. The molecule has 1 aliphatic heterocycles. The Morgan fingerprint density at radius 2 is 2.10 bits per heavy atom. The van der Waals surface area contributed by atoms with Gasteiger partial charge < -0.3 is 9.88 Å². The molecule has 3 nitrogen and oxygen atoms in total. The summed E-state index contributed by atoms with van der Waals surface area (Å²) >= 11 is 0. The molecule has 1 aliphatic carbocycles. The van der Waals surface area contributed by atoms with Crippen LogP contribution in [0.3, 0.4) is 0 Å². The van der Waals surface area contributed by atoms with Crippen molar-refractivity contribution in [2.75, 3.05) is 13.1 Å². The van der Waals surface area contributed by atoms with E-state index in [0.717, 1.165) is 13.1 Å². The molecule has 1 aromatic carbocycles. The molecular formula is C18H23N3. The second-order valence-corrected chi connectivity index (χ2v) is 6.35. The van der Waals surface area contributed by atoms with Crippen molar-refractivity contribution in [3.63, 3.8) is 0 Å². The maximum absolute atomic E-state index is 4.46. The lowest BCUT2D eigenvalue weighted by atomic mass is 9.90. The zero-order valence-electron chi connectivity index (χ0n) is 12.5. The maximum atomic E-state index is 4.46. The molecule has 0 amide bonds. The Balaban J connectivity index is 1.76. The summed E-state index contributed by atoms with van der Waals surface area (Å²) in [6.45, 7) is 2.24. The van der Waals surface area contributed by atoms with Crippen LogP contribution >= 0.6 is 0 Å². The third kappa shape index (κ3) is 2.40. The van der Waals surface area contributed by atoms with Crippen LogP contribution in [0.5, 0.6) is 0 Å². The van der Waals surface area contributed by atoms with Gasteiger partial charge in [-0.25, -0.2) is 4.98 Å².